The molecule has 0 spiro atoms. The Balaban J connectivity index is 2.29. The molecule has 0 aromatic heterocycles. The summed E-state index contributed by atoms with van der Waals surface area (Å²) >= 11 is 5.98. The van der Waals surface area contributed by atoms with E-state index in [1.54, 1.807) is 12.1 Å². The number of hydrogen-bond acceptors (Lipinski definition) is 3. The van der Waals surface area contributed by atoms with E-state index in [4.69, 9.17) is 16.9 Å². The minimum Gasteiger partial charge on any atom is -0.391 e. The van der Waals surface area contributed by atoms with E-state index in [1.807, 2.05) is 19.1 Å². The van der Waals surface area contributed by atoms with Crippen LogP contribution >= 0.6 is 11.6 Å². The Morgan fingerprint density at radius 3 is 2.81 bits per heavy atom. The van der Waals surface area contributed by atoms with Gasteiger partial charge in [0.2, 0.25) is 0 Å². The van der Waals surface area contributed by atoms with E-state index in [1.165, 1.54) is 0 Å². The molecule has 16 heavy (non-hydrogen) atoms. The highest BCUT2D eigenvalue weighted by Gasteiger charge is 2.29. The molecule has 0 bridgehead atoms. The average molecular weight is 237 g/mol. The highest BCUT2D eigenvalue weighted by Crippen LogP contribution is 2.29. The fourth-order valence-electron chi connectivity index (χ4n) is 2.06. The Bertz CT molecular complexity index is 441. The SMILES string of the molecule is CC1[C@H](O)CCN1c1ccc(C#N)c(Cl)c1. The molecular weight excluding hydrogens is 224 g/mol. The van der Waals surface area contributed by atoms with Gasteiger partial charge in [0.1, 0.15) is 6.07 Å². The molecule has 3 nitrogen and oxygen atoms in total. The summed E-state index contributed by atoms with van der Waals surface area (Å²) in [7, 11) is 0. The molecule has 84 valence electrons. The van der Waals surface area contributed by atoms with Crippen LogP contribution in [-0.4, -0.2) is 23.8 Å². The standard InChI is InChI=1S/C12H13ClN2O/c1-8-12(16)4-5-15(8)10-3-2-9(7-14)11(13)6-10/h2-3,6,8,12,16H,4-5H2,1H3/t8?,12-/m1/s1. The second-order valence-corrected chi connectivity index (χ2v) is 4.47. The van der Waals surface area contributed by atoms with E-state index in [2.05, 4.69) is 4.90 Å². The molecule has 1 saturated heterocycles. The largest absolute Gasteiger partial charge is 0.391 e. The quantitative estimate of drug-likeness (QED) is 0.813. The number of nitriles is 1. The zero-order valence-electron chi connectivity index (χ0n) is 9.02. The van der Waals surface area contributed by atoms with Crippen molar-refractivity contribution in [1.29, 1.82) is 5.26 Å². The highest BCUT2D eigenvalue weighted by molar-refractivity contribution is 6.32. The van der Waals surface area contributed by atoms with Gasteiger partial charge in [-0.25, -0.2) is 0 Å². The molecule has 1 heterocycles. The molecule has 1 fully saturated rings. The minimum absolute atomic E-state index is 0.101. The Hall–Kier alpha value is -1.24. The van der Waals surface area contributed by atoms with Gasteiger partial charge >= 0.3 is 0 Å². The van der Waals surface area contributed by atoms with Gasteiger partial charge in [-0.05, 0) is 31.5 Å². The molecule has 0 saturated carbocycles. The van der Waals surface area contributed by atoms with Crippen molar-refractivity contribution < 1.29 is 5.11 Å². The summed E-state index contributed by atoms with van der Waals surface area (Å²) in [6, 6.07) is 7.51. The van der Waals surface area contributed by atoms with Gasteiger partial charge in [-0.2, -0.15) is 5.26 Å². The fourth-order valence-corrected chi connectivity index (χ4v) is 2.28. The number of nitrogens with zero attached hydrogens (tertiary/aromatic N) is 2. The lowest BCUT2D eigenvalue weighted by Gasteiger charge is -2.25. The van der Waals surface area contributed by atoms with Crippen LogP contribution in [0.5, 0.6) is 0 Å². The third kappa shape index (κ3) is 1.87. The minimum atomic E-state index is -0.283. The fraction of sp³-hybridized carbons (Fsp3) is 0.417. The van der Waals surface area contributed by atoms with Gasteiger partial charge in [0.15, 0.2) is 0 Å². The summed E-state index contributed by atoms with van der Waals surface area (Å²) in [6.45, 7) is 2.81. The number of aliphatic hydroxyl groups excluding tert-OH is 1. The van der Waals surface area contributed by atoms with E-state index in [9.17, 15) is 5.11 Å². The molecular formula is C12H13ClN2O. The number of hydrogen-bond donors (Lipinski definition) is 1. The summed E-state index contributed by atoms with van der Waals surface area (Å²) < 4.78 is 0. The van der Waals surface area contributed by atoms with Crippen molar-refractivity contribution in [3.05, 3.63) is 28.8 Å². The first-order valence-electron chi connectivity index (χ1n) is 5.28. The summed E-state index contributed by atoms with van der Waals surface area (Å²) in [5.74, 6) is 0. The van der Waals surface area contributed by atoms with Crippen LogP contribution in [0.3, 0.4) is 0 Å². The number of benzene rings is 1. The number of rotatable bonds is 1. The van der Waals surface area contributed by atoms with Crippen LogP contribution in [-0.2, 0) is 0 Å². The van der Waals surface area contributed by atoms with Crippen LogP contribution in [0.4, 0.5) is 5.69 Å². The van der Waals surface area contributed by atoms with Crippen molar-refractivity contribution in [2.24, 2.45) is 0 Å². The molecule has 0 aliphatic carbocycles. The second kappa shape index (κ2) is 4.32. The first-order chi connectivity index (χ1) is 7.63. The average Bonchev–Trinajstić information content (AvgIpc) is 2.60. The monoisotopic (exact) mass is 236 g/mol. The van der Waals surface area contributed by atoms with Gasteiger partial charge in [-0.3, -0.25) is 0 Å². The van der Waals surface area contributed by atoms with Crippen LogP contribution in [0, 0.1) is 11.3 Å². The summed E-state index contributed by atoms with van der Waals surface area (Å²) in [5, 5.41) is 18.9. The maximum Gasteiger partial charge on any atom is 0.101 e. The molecule has 1 aromatic carbocycles. The first kappa shape index (κ1) is 11.3. The highest BCUT2D eigenvalue weighted by atomic mass is 35.5. The molecule has 2 rings (SSSR count). The third-order valence-corrected chi connectivity index (χ3v) is 3.43. The van der Waals surface area contributed by atoms with E-state index < -0.39 is 0 Å². The Morgan fingerprint density at radius 1 is 1.56 bits per heavy atom. The van der Waals surface area contributed by atoms with Crippen LogP contribution in [0.15, 0.2) is 18.2 Å². The van der Waals surface area contributed by atoms with Crippen molar-refractivity contribution in [3.8, 4) is 6.07 Å². The van der Waals surface area contributed by atoms with Crippen molar-refractivity contribution in [2.45, 2.75) is 25.5 Å². The maximum absolute atomic E-state index is 9.67. The van der Waals surface area contributed by atoms with E-state index >= 15 is 0 Å². The predicted molar refractivity (Wildman–Crippen MR) is 63.6 cm³/mol. The molecule has 1 N–H and O–H groups in total. The number of halogens is 1. The van der Waals surface area contributed by atoms with Gasteiger partial charge < -0.3 is 10.0 Å². The first-order valence-corrected chi connectivity index (χ1v) is 5.65. The Morgan fingerprint density at radius 2 is 2.31 bits per heavy atom. The topological polar surface area (TPSA) is 47.3 Å². The smallest absolute Gasteiger partial charge is 0.101 e. The van der Waals surface area contributed by atoms with Gasteiger partial charge in [0, 0.05) is 12.2 Å². The van der Waals surface area contributed by atoms with E-state index in [0.717, 1.165) is 18.7 Å². The van der Waals surface area contributed by atoms with Gasteiger partial charge in [-0.1, -0.05) is 11.6 Å². The lowest BCUT2D eigenvalue weighted by Crippen LogP contribution is -2.32. The van der Waals surface area contributed by atoms with Crippen LogP contribution in [0.1, 0.15) is 18.9 Å². The zero-order chi connectivity index (χ0) is 11.7. The molecule has 1 aliphatic heterocycles. The molecule has 2 atom stereocenters. The van der Waals surface area contributed by atoms with Crippen molar-refractivity contribution >= 4 is 17.3 Å². The molecule has 1 unspecified atom stereocenters. The second-order valence-electron chi connectivity index (χ2n) is 4.07. The van der Waals surface area contributed by atoms with Crippen molar-refractivity contribution in [3.63, 3.8) is 0 Å². The van der Waals surface area contributed by atoms with Crippen LogP contribution in [0.2, 0.25) is 5.02 Å². The van der Waals surface area contributed by atoms with Gasteiger partial charge in [0.05, 0.1) is 22.7 Å². The van der Waals surface area contributed by atoms with E-state index in [0.29, 0.717) is 10.6 Å². The normalized spacial score (nSPS) is 24.5. The Kier molecular flexibility index (Phi) is 3.04. The lowest BCUT2D eigenvalue weighted by atomic mass is 10.1. The third-order valence-electron chi connectivity index (χ3n) is 3.12. The Labute approximate surface area is 99.9 Å². The maximum atomic E-state index is 9.67. The predicted octanol–water partition coefficient (Wildman–Crippen LogP) is 2.17. The van der Waals surface area contributed by atoms with Crippen molar-refractivity contribution in [2.75, 3.05) is 11.4 Å². The van der Waals surface area contributed by atoms with Crippen LogP contribution < -0.4 is 4.90 Å². The summed E-state index contributed by atoms with van der Waals surface area (Å²) in [6.07, 6.45) is 0.494. The van der Waals surface area contributed by atoms with Gasteiger partial charge in [-0.15, -0.1) is 0 Å². The van der Waals surface area contributed by atoms with Gasteiger partial charge in [0.25, 0.3) is 0 Å². The number of anilines is 1. The van der Waals surface area contributed by atoms with Crippen LogP contribution in [0.25, 0.3) is 0 Å². The molecule has 0 amide bonds. The summed E-state index contributed by atoms with van der Waals surface area (Å²) in [5.41, 5.74) is 1.45. The molecule has 4 heteroatoms. The zero-order valence-corrected chi connectivity index (χ0v) is 9.78. The molecule has 1 aromatic rings. The van der Waals surface area contributed by atoms with Crippen molar-refractivity contribution in [1.82, 2.24) is 0 Å². The number of aliphatic hydroxyl groups is 1. The lowest BCUT2D eigenvalue weighted by molar-refractivity contribution is 0.170. The van der Waals surface area contributed by atoms with E-state index in [-0.39, 0.29) is 12.1 Å². The summed E-state index contributed by atoms with van der Waals surface area (Å²) in [4.78, 5) is 2.11. The molecule has 0 radical (unpaired) electrons. The molecule has 1 aliphatic rings.